The average molecular weight is 273 g/mol. The van der Waals surface area contributed by atoms with Crippen LogP contribution in [0.5, 0.6) is 0 Å². The summed E-state index contributed by atoms with van der Waals surface area (Å²) in [5, 5.41) is 0. The molecular formula is C14H15N3O3. The largest absolute Gasteiger partial charge is 0.351 e. The molecule has 1 aromatic rings. The van der Waals surface area contributed by atoms with E-state index in [4.69, 9.17) is 5.73 Å². The van der Waals surface area contributed by atoms with Crippen molar-refractivity contribution < 1.29 is 14.4 Å². The number of likely N-dealkylation sites (tertiary alicyclic amines) is 2. The van der Waals surface area contributed by atoms with Gasteiger partial charge in [-0.1, -0.05) is 30.3 Å². The minimum Gasteiger partial charge on any atom is -0.351 e. The molecule has 2 N–H and O–H groups in total. The molecule has 0 aromatic heterocycles. The number of imide groups is 1. The van der Waals surface area contributed by atoms with Gasteiger partial charge in [-0.05, 0) is 5.56 Å². The smallest absolute Gasteiger partial charge is 0.314 e. The minimum atomic E-state index is -0.574. The molecule has 2 fully saturated rings. The predicted molar refractivity (Wildman–Crippen MR) is 70.1 cm³/mol. The topological polar surface area (TPSA) is 83.7 Å². The second-order valence-corrected chi connectivity index (χ2v) is 5.20. The third-order valence-corrected chi connectivity index (χ3v) is 3.98. The maximum absolute atomic E-state index is 12.3. The van der Waals surface area contributed by atoms with Crippen LogP contribution in [0.2, 0.25) is 0 Å². The fraction of sp³-hybridized carbons (Fsp3) is 0.357. The van der Waals surface area contributed by atoms with E-state index in [2.05, 4.69) is 0 Å². The Balaban J connectivity index is 1.76. The van der Waals surface area contributed by atoms with E-state index in [9.17, 15) is 14.4 Å². The molecule has 1 aromatic carbocycles. The van der Waals surface area contributed by atoms with E-state index in [0.29, 0.717) is 6.54 Å². The van der Waals surface area contributed by atoms with Gasteiger partial charge in [-0.2, -0.15) is 0 Å². The van der Waals surface area contributed by atoms with Crippen LogP contribution in [-0.2, 0) is 16.1 Å². The van der Waals surface area contributed by atoms with Crippen molar-refractivity contribution in [3.8, 4) is 0 Å². The molecule has 3 rings (SSSR count). The highest BCUT2D eigenvalue weighted by Crippen LogP contribution is 2.34. The summed E-state index contributed by atoms with van der Waals surface area (Å²) in [6.07, 6.45) is 0. The average Bonchev–Trinajstić information content (AvgIpc) is 2.97. The number of nitrogens with zero attached hydrogens (tertiary/aromatic N) is 2. The lowest BCUT2D eigenvalue weighted by Crippen LogP contribution is -2.39. The number of carbonyl (C=O) groups excluding carboxylic acids is 3. The number of carbonyl (C=O) groups is 3. The summed E-state index contributed by atoms with van der Waals surface area (Å²) in [5.41, 5.74) is 6.12. The summed E-state index contributed by atoms with van der Waals surface area (Å²) in [6.45, 7) is 0.786. The first-order chi connectivity index (χ1) is 9.58. The number of rotatable bonds is 2. The molecular weight excluding hydrogens is 258 g/mol. The molecule has 2 saturated heterocycles. The highest BCUT2D eigenvalue weighted by molar-refractivity contribution is 6.06. The minimum absolute atomic E-state index is 0.201. The number of benzene rings is 1. The Kier molecular flexibility index (Phi) is 2.93. The molecule has 0 saturated carbocycles. The number of nitrogens with two attached hydrogens (primary N) is 1. The third-order valence-electron chi connectivity index (χ3n) is 3.98. The van der Waals surface area contributed by atoms with Crippen molar-refractivity contribution in [2.45, 2.75) is 6.54 Å². The van der Waals surface area contributed by atoms with Crippen molar-refractivity contribution in [3.63, 3.8) is 0 Å². The summed E-state index contributed by atoms with van der Waals surface area (Å²) in [5.74, 6) is -1.27. The lowest BCUT2D eigenvalue weighted by Gasteiger charge is -2.19. The molecule has 104 valence electrons. The molecule has 2 aliphatic heterocycles. The van der Waals surface area contributed by atoms with Gasteiger partial charge in [-0.15, -0.1) is 0 Å². The molecule has 0 aliphatic carbocycles. The van der Waals surface area contributed by atoms with Gasteiger partial charge in [0.2, 0.25) is 11.8 Å². The maximum atomic E-state index is 12.3. The fourth-order valence-corrected chi connectivity index (χ4v) is 2.91. The second-order valence-electron chi connectivity index (χ2n) is 5.20. The van der Waals surface area contributed by atoms with Crippen molar-refractivity contribution in [1.82, 2.24) is 9.80 Å². The van der Waals surface area contributed by atoms with Gasteiger partial charge in [0, 0.05) is 13.1 Å². The van der Waals surface area contributed by atoms with E-state index in [1.807, 2.05) is 30.3 Å². The Hall–Kier alpha value is -2.37. The molecule has 6 heteroatoms. The van der Waals surface area contributed by atoms with E-state index >= 15 is 0 Å². The molecule has 0 bridgehead atoms. The van der Waals surface area contributed by atoms with Crippen molar-refractivity contribution in [3.05, 3.63) is 35.9 Å². The van der Waals surface area contributed by atoms with Crippen LogP contribution in [0, 0.1) is 11.8 Å². The van der Waals surface area contributed by atoms with Crippen LogP contribution in [0.15, 0.2) is 30.3 Å². The number of fused-ring (bicyclic) bond motifs is 1. The molecule has 2 aliphatic rings. The zero-order valence-corrected chi connectivity index (χ0v) is 10.9. The van der Waals surface area contributed by atoms with Crippen molar-refractivity contribution in [2.24, 2.45) is 17.6 Å². The quantitative estimate of drug-likeness (QED) is 0.780. The summed E-state index contributed by atoms with van der Waals surface area (Å²) in [7, 11) is 0. The third kappa shape index (κ3) is 1.93. The summed E-state index contributed by atoms with van der Waals surface area (Å²) in [6, 6.07) is 8.81. The van der Waals surface area contributed by atoms with E-state index in [1.165, 1.54) is 9.80 Å². The Morgan fingerprint density at radius 2 is 1.65 bits per heavy atom. The highest BCUT2D eigenvalue weighted by atomic mass is 16.2. The van der Waals surface area contributed by atoms with Crippen molar-refractivity contribution in [2.75, 3.05) is 13.1 Å². The Labute approximate surface area is 116 Å². The first kappa shape index (κ1) is 12.7. The zero-order valence-electron chi connectivity index (χ0n) is 10.9. The molecule has 0 spiro atoms. The number of amides is 4. The molecule has 6 nitrogen and oxygen atoms in total. The fourth-order valence-electron chi connectivity index (χ4n) is 2.91. The van der Waals surface area contributed by atoms with E-state index < -0.39 is 17.9 Å². The van der Waals surface area contributed by atoms with Gasteiger partial charge < -0.3 is 10.6 Å². The first-order valence-corrected chi connectivity index (χ1v) is 6.51. The summed E-state index contributed by atoms with van der Waals surface area (Å²) in [4.78, 5) is 38.4. The van der Waals surface area contributed by atoms with Gasteiger partial charge in [0.05, 0.1) is 18.4 Å². The Morgan fingerprint density at radius 3 is 2.15 bits per heavy atom. The van der Waals surface area contributed by atoms with Crippen LogP contribution in [-0.4, -0.2) is 40.7 Å². The predicted octanol–water partition coefficient (Wildman–Crippen LogP) is 0.182. The molecule has 2 atom stereocenters. The Bertz CT molecular complexity index is 548. The number of hydrogen-bond acceptors (Lipinski definition) is 3. The second kappa shape index (κ2) is 4.63. The highest BCUT2D eigenvalue weighted by Gasteiger charge is 2.52. The van der Waals surface area contributed by atoms with Gasteiger partial charge in [0.15, 0.2) is 0 Å². The van der Waals surface area contributed by atoms with E-state index in [1.54, 1.807) is 0 Å². The first-order valence-electron chi connectivity index (χ1n) is 6.51. The summed E-state index contributed by atoms with van der Waals surface area (Å²) >= 11 is 0. The summed E-state index contributed by atoms with van der Waals surface area (Å²) < 4.78 is 0. The van der Waals surface area contributed by atoms with Crippen LogP contribution in [0.4, 0.5) is 4.79 Å². The van der Waals surface area contributed by atoms with Gasteiger partial charge >= 0.3 is 6.03 Å². The normalized spacial score (nSPS) is 25.2. The maximum Gasteiger partial charge on any atom is 0.314 e. The van der Waals surface area contributed by atoms with Crippen LogP contribution in [0.3, 0.4) is 0 Å². The molecule has 4 amide bonds. The number of primary amides is 1. The molecule has 0 radical (unpaired) electrons. The zero-order chi connectivity index (χ0) is 14.3. The monoisotopic (exact) mass is 273 g/mol. The standard InChI is InChI=1S/C14H15N3O3/c15-14(20)16-7-10-11(8-16)13(19)17(12(10)18)6-9-4-2-1-3-5-9/h1-5,10-11H,6-8H2,(H2,15,20). The molecule has 2 unspecified atom stereocenters. The van der Waals surface area contributed by atoms with Gasteiger partial charge in [0.25, 0.3) is 0 Å². The SMILES string of the molecule is NC(=O)N1CC2C(=O)N(Cc3ccccc3)C(=O)C2C1. The van der Waals surface area contributed by atoms with E-state index in [0.717, 1.165) is 5.56 Å². The Morgan fingerprint density at radius 1 is 1.10 bits per heavy atom. The molecule has 20 heavy (non-hydrogen) atoms. The van der Waals surface area contributed by atoms with Gasteiger partial charge in [-0.25, -0.2) is 4.79 Å². The van der Waals surface area contributed by atoms with Crippen molar-refractivity contribution in [1.29, 1.82) is 0 Å². The molecule has 2 heterocycles. The number of urea groups is 1. The van der Waals surface area contributed by atoms with Gasteiger partial charge in [-0.3, -0.25) is 14.5 Å². The van der Waals surface area contributed by atoms with Crippen LogP contribution in [0.1, 0.15) is 5.56 Å². The van der Waals surface area contributed by atoms with Crippen LogP contribution in [0.25, 0.3) is 0 Å². The van der Waals surface area contributed by atoms with Crippen molar-refractivity contribution >= 4 is 17.8 Å². The lowest BCUT2D eigenvalue weighted by atomic mass is 10.00. The lowest BCUT2D eigenvalue weighted by molar-refractivity contribution is -0.141. The van der Waals surface area contributed by atoms with E-state index in [-0.39, 0.29) is 24.9 Å². The van der Waals surface area contributed by atoms with Gasteiger partial charge in [0.1, 0.15) is 0 Å². The number of hydrogen-bond donors (Lipinski definition) is 1. The van der Waals surface area contributed by atoms with Crippen LogP contribution >= 0.6 is 0 Å². The van der Waals surface area contributed by atoms with Crippen LogP contribution < -0.4 is 5.73 Å².